The molecule has 0 aromatic carbocycles. The van der Waals surface area contributed by atoms with Crippen LogP contribution in [0.15, 0.2) is 11.6 Å². The van der Waals surface area contributed by atoms with Crippen LogP contribution in [-0.4, -0.2) is 30.2 Å². The molecule has 4 rings (SSSR count). The zero-order valence-electron chi connectivity index (χ0n) is 16.1. The van der Waals surface area contributed by atoms with E-state index in [0.29, 0.717) is 24.2 Å². The molecule has 3 heteroatoms. The molecule has 0 radical (unpaired) electrons. The molecule has 1 N–H and O–H groups in total. The largest absolute Gasteiger partial charge is 0.387 e. The fourth-order valence-electron chi connectivity index (χ4n) is 7.42. The van der Waals surface area contributed by atoms with Crippen LogP contribution in [0.5, 0.6) is 0 Å². The van der Waals surface area contributed by atoms with Gasteiger partial charge in [-0.2, -0.15) is 0 Å². The highest BCUT2D eigenvalue weighted by atomic mass is 16.5. The molecule has 0 spiro atoms. The van der Waals surface area contributed by atoms with E-state index in [-0.39, 0.29) is 5.41 Å². The minimum absolute atomic E-state index is 0.240. The third-order valence-electron chi connectivity index (χ3n) is 8.50. The van der Waals surface area contributed by atoms with E-state index >= 15 is 0 Å². The van der Waals surface area contributed by atoms with E-state index in [9.17, 15) is 9.90 Å². The smallest absolute Gasteiger partial charge is 0.133 e. The SMILES string of the molecule is COC[C@]1(O)CC[C@H]2C(=CC[C@@H]3[C@@H]2CC[C@]2(C)[C@@H](C(C)=O)CC[C@@H]32)C1. The molecule has 3 fully saturated rings. The predicted molar refractivity (Wildman–Crippen MR) is 98.1 cm³/mol. The van der Waals surface area contributed by atoms with Gasteiger partial charge in [0.05, 0.1) is 12.2 Å². The fraction of sp³-hybridized carbons (Fsp3) is 0.864. The van der Waals surface area contributed by atoms with E-state index in [1.54, 1.807) is 14.0 Å². The van der Waals surface area contributed by atoms with Crippen LogP contribution in [0.2, 0.25) is 0 Å². The van der Waals surface area contributed by atoms with Crippen molar-refractivity contribution in [3.8, 4) is 0 Å². The van der Waals surface area contributed by atoms with Crippen molar-refractivity contribution in [1.29, 1.82) is 0 Å². The third kappa shape index (κ3) is 2.73. The Balaban J connectivity index is 1.56. The number of carbonyl (C=O) groups is 1. The second kappa shape index (κ2) is 6.20. The number of allylic oxidation sites excluding steroid dienone is 1. The lowest BCUT2D eigenvalue weighted by molar-refractivity contribution is -0.127. The van der Waals surface area contributed by atoms with Gasteiger partial charge in [0.2, 0.25) is 0 Å². The van der Waals surface area contributed by atoms with Crippen molar-refractivity contribution in [2.45, 2.75) is 70.8 Å². The van der Waals surface area contributed by atoms with Crippen LogP contribution in [0.25, 0.3) is 0 Å². The van der Waals surface area contributed by atoms with E-state index in [1.165, 1.54) is 24.8 Å². The Labute approximate surface area is 152 Å². The van der Waals surface area contributed by atoms with Gasteiger partial charge in [0.1, 0.15) is 5.78 Å². The van der Waals surface area contributed by atoms with Crippen LogP contribution < -0.4 is 0 Å². The van der Waals surface area contributed by atoms with E-state index in [1.807, 2.05) is 0 Å². The van der Waals surface area contributed by atoms with Gasteiger partial charge in [-0.1, -0.05) is 18.6 Å². The molecule has 140 valence electrons. The molecule has 0 aromatic heterocycles. The molecule has 4 aliphatic rings. The Hall–Kier alpha value is -0.670. The van der Waals surface area contributed by atoms with Crippen LogP contribution in [0, 0.1) is 35.0 Å². The third-order valence-corrected chi connectivity index (χ3v) is 8.50. The number of rotatable bonds is 3. The number of Topliss-reactive ketones (excluding diaryl/α,β-unsaturated/α-hetero) is 1. The summed E-state index contributed by atoms with van der Waals surface area (Å²) in [6.45, 7) is 4.66. The van der Waals surface area contributed by atoms with Crippen LogP contribution in [0.3, 0.4) is 0 Å². The van der Waals surface area contributed by atoms with Crippen LogP contribution in [-0.2, 0) is 9.53 Å². The number of aliphatic hydroxyl groups is 1. The second-order valence-electron chi connectivity index (χ2n) is 9.71. The van der Waals surface area contributed by atoms with Crippen molar-refractivity contribution in [3.63, 3.8) is 0 Å². The maximum Gasteiger partial charge on any atom is 0.133 e. The molecule has 3 nitrogen and oxygen atoms in total. The Morgan fingerprint density at radius 2 is 2.04 bits per heavy atom. The first-order valence-electron chi connectivity index (χ1n) is 10.3. The maximum absolute atomic E-state index is 12.2. The Bertz CT molecular complexity index is 582. The van der Waals surface area contributed by atoms with E-state index in [0.717, 1.165) is 49.9 Å². The van der Waals surface area contributed by atoms with Gasteiger partial charge >= 0.3 is 0 Å². The standard InChI is InChI=1S/C22H34O3/c1-14(23)19-6-7-20-18-5-4-15-12-22(24,13-25-3)11-9-16(15)17(18)8-10-21(19,20)2/h4,16-20,24H,5-13H2,1-3H3/t16-,17+,18+,19+,20-,21+,22-/m0/s1. The molecule has 0 aliphatic heterocycles. The highest BCUT2D eigenvalue weighted by Gasteiger charge is 2.57. The Kier molecular flexibility index (Phi) is 4.39. The fourth-order valence-corrected chi connectivity index (χ4v) is 7.42. The van der Waals surface area contributed by atoms with Crippen molar-refractivity contribution >= 4 is 5.78 Å². The van der Waals surface area contributed by atoms with E-state index in [4.69, 9.17) is 4.74 Å². The minimum atomic E-state index is -0.653. The summed E-state index contributed by atoms with van der Waals surface area (Å²) in [5.74, 6) is 3.62. The monoisotopic (exact) mass is 346 g/mol. The molecule has 0 amide bonds. The normalized spacial score (nSPS) is 49.0. The average Bonchev–Trinajstić information content (AvgIpc) is 2.91. The highest BCUT2D eigenvalue weighted by Crippen LogP contribution is 2.63. The van der Waals surface area contributed by atoms with Crippen LogP contribution >= 0.6 is 0 Å². The molecule has 4 aliphatic carbocycles. The lowest BCUT2D eigenvalue weighted by atomic mass is 9.51. The number of fused-ring (bicyclic) bond motifs is 5. The summed E-state index contributed by atoms with van der Waals surface area (Å²) in [5, 5.41) is 10.8. The van der Waals surface area contributed by atoms with Gasteiger partial charge in [0, 0.05) is 13.0 Å². The Morgan fingerprint density at radius 1 is 1.24 bits per heavy atom. The van der Waals surface area contributed by atoms with Gasteiger partial charge in [-0.05, 0) is 87.4 Å². The lowest BCUT2D eigenvalue weighted by Gasteiger charge is -2.54. The topological polar surface area (TPSA) is 46.5 Å². The number of methoxy groups -OCH3 is 1. The van der Waals surface area contributed by atoms with Crippen molar-refractivity contribution in [2.24, 2.45) is 35.0 Å². The summed E-state index contributed by atoms with van der Waals surface area (Å²) in [6.07, 6.45) is 11.2. The van der Waals surface area contributed by atoms with Gasteiger partial charge in [0.25, 0.3) is 0 Å². The number of ketones is 1. The summed E-state index contributed by atoms with van der Waals surface area (Å²) >= 11 is 0. The number of carbonyl (C=O) groups excluding carboxylic acids is 1. The van der Waals surface area contributed by atoms with E-state index < -0.39 is 5.60 Å². The molecule has 0 aromatic rings. The zero-order valence-corrected chi connectivity index (χ0v) is 16.1. The van der Waals surface area contributed by atoms with Gasteiger partial charge in [-0.25, -0.2) is 0 Å². The quantitative estimate of drug-likeness (QED) is 0.781. The average molecular weight is 347 g/mol. The summed E-state index contributed by atoms with van der Waals surface area (Å²) in [4.78, 5) is 12.2. The summed E-state index contributed by atoms with van der Waals surface area (Å²) < 4.78 is 5.27. The van der Waals surface area contributed by atoms with Gasteiger partial charge in [0.15, 0.2) is 0 Å². The zero-order chi connectivity index (χ0) is 17.8. The summed E-state index contributed by atoms with van der Waals surface area (Å²) in [7, 11) is 1.68. The molecular formula is C22H34O3. The predicted octanol–water partition coefficient (Wildman–Crippen LogP) is 4.14. The minimum Gasteiger partial charge on any atom is -0.387 e. The molecule has 25 heavy (non-hydrogen) atoms. The number of hydrogen-bond donors (Lipinski definition) is 1. The first-order chi connectivity index (χ1) is 11.9. The second-order valence-corrected chi connectivity index (χ2v) is 9.71. The number of ether oxygens (including phenoxy) is 1. The molecule has 0 heterocycles. The van der Waals surface area contributed by atoms with Crippen LogP contribution in [0.1, 0.15) is 65.2 Å². The van der Waals surface area contributed by atoms with Gasteiger partial charge in [-0.3, -0.25) is 4.79 Å². The summed E-state index contributed by atoms with van der Waals surface area (Å²) in [6, 6.07) is 0. The highest BCUT2D eigenvalue weighted by molar-refractivity contribution is 5.79. The molecule has 0 unspecified atom stereocenters. The maximum atomic E-state index is 12.2. The first-order valence-corrected chi connectivity index (χ1v) is 10.3. The molecule has 0 bridgehead atoms. The lowest BCUT2D eigenvalue weighted by Crippen LogP contribution is -2.49. The summed E-state index contributed by atoms with van der Waals surface area (Å²) in [5.41, 5.74) is 1.08. The number of hydrogen-bond acceptors (Lipinski definition) is 3. The molecular weight excluding hydrogens is 312 g/mol. The first kappa shape index (κ1) is 17.7. The van der Waals surface area contributed by atoms with Crippen molar-refractivity contribution in [1.82, 2.24) is 0 Å². The Morgan fingerprint density at radius 3 is 2.76 bits per heavy atom. The molecule has 7 atom stereocenters. The van der Waals surface area contributed by atoms with Crippen LogP contribution in [0.4, 0.5) is 0 Å². The molecule has 3 saturated carbocycles. The van der Waals surface area contributed by atoms with E-state index in [2.05, 4.69) is 13.0 Å². The van der Waals surface area contributed by atoms with Crippen molar-refractivity contribution in [3.05, 3.63) is 11.6 Å². The van der Waals surface area contributed by atoms with Crippen molar-refractivity contribution in [2.75, 3.05) is 13.7 Å². The van der Waals surface area contributed by atoms with Gasteiger partial charge < -0.3 is 9.84 Å². The molecule has 0 saturated heterocycles. The van der Waals surface area contributed by atoms with Gasteiger partial charge in [-0.15, -0.1) is 0 Å². The van der Waals surface area contributed by atoms with Crippen molar-refractivity contribution < 1.29 is 14.6 Å².